The highest BCUT2D eigenvalue weighted by Gasteiger charge is 2.28. The van der Waals surface area contributed by atoms with E-state index in [0.29, 0.717) is 24.3 Å². The van der Waals surface area contributed by atoms with Crippen LogP contribution in [0.25, 0.3) is 0 Å². The number of primary amides is 1. The van der Waals surface area contributed by atoms with Crippen LogP contribution in [0.4, 0.5) is 0 Å². The van der Waals surface area contributed by atoms with Crippen LogP contribution < -0.4 is 11.1 Å². The van der Waals surface area contributed by atoms with Gasteiger partial charge in [0.2, 0.25) is 15.9 Å². The zero-order valence-electron chi connectivity index (χ0n) is 16.0. The molecule has 1 heterocycles. The minimum atomic E-state index is -3.75. The molecule has 0 spiro atoms. The van der Waals surface area contributed by atoms with E-state index >= 15 is 0 Å². The van der Waals surface area contributed by atoms with E-state index < -0.39 is 27.9 Å². The minimum Gasteiger partial charge on any atom is -0.379 e. The second-order valence-electron chi connectivity index (χ2n) is 6.71. The van der Waals surface area contributed by atoms with Gasteiger partial charge in [-0.1, -0.05) is 36.4 Å². The van der Waals surface area contributed by atoms with Crippen LogP contribution in [0.1, 0.15) is 27.5 Å². The molecule has 9 heteroatoms. The highest BCUT2D eigenvalue weighted by molar-refractivity contribution is 7.89. The molecule has 1 fully saturated rings. The average molecular weight is 417 g/mol. The van der Waals surface area contributed by atoms with Crippen molar-refractivity contribution in [1.29, 1.82) is 0 Å². The van der Waals surface area contributed by atoms with Gasteiger partial charge in [-0.25, -0.2) is 8.42 Å². The van der Waals surface area contributed by atoms with Crippen LogP contribution in [0.15, 0.2) is 53.4 Å². The molecule has 2 aromatic rings. The number of carbonyl (C=O) groups excluding carboxylic acids is 2. The monoisotopic (exact) mass is 417 g/mol. The molecule has 1 aliphatic rings. The van der Waals surface area contributed by atoms with Crippen LogP contribution in [-0.2, 0) is 19.6 Å². The number of rotatable bonds is 6. The Bertz CT molecular complexity index is 1000. The summed E-state index contributed by atoms with van der Waals surface area (Å²) in [6.07, 6.45) is 0. The van der Waals surface area contributed by atoms with E-state index in [0.717, 1.165) is 0 Å². The lowest BCUT2D eigenvalue weighted by Crippen LogP contribution is -2.41. The molecule has 2 amide bonds. The summed E-state index contributed by atoms with van der Waals surface area (Å²) in [6.45, 7) is 2.87. The number of nitrogens with zero attached hydrogens (tertiary/aromatic N) is 1. The predicted molar refractivity (Wildman–Crippen MR) is 107 cm³/mol. The van der Waals surface area contributed by atoms with Gasteiger partial charge in [-0.3, -0.25) is 9.59 Å². The second kappa shape index (κ2) is 8.73. The molecular weight excluding hydrogens is 394 g/mol. The van der Waals surface area contributed by atoms with Gasteiger partial charge >= 0.3 is 0 Å². The Kier molecular flexibility index (Phi) is 6.31. The molecule has 0 bridgehead atoms. The number of hydrogen-bond acceptors (Lipinski definition) is 5. The highest BCUT2D eigenvalue weighted by atomic mass is 32.2. The van der Waals surface area contributed by atoms with Crippen LogP contribution in [0.5, 0.6) is 0 Å². The van der Waals surface area contributed by atoms with E-state index in [9.17, 15) is 18.0 Å². The number of nitrogens with one attached hydrogen (secondary N) is 1. The molecule has 1 aliphatic heterocycles. The molecular formula is C20H23N3O5S. The molecule has 0 radical (unpaired) electrons. The number of benzene rings is 2. The maximum atomic E-state index is 12.9. The highest BCUT2D eigenvalue weighted by Crippen LogP contribution is 2.21. The Hall–Kier alpha value is -2.75. The maximum absolute atomic E-state index is 12.9. The number of ether oxygens (including phenoxy) is 1. The zero-order valence-corrected chi connectivity index (χ0v) is 16.8. The first kappa shape index (κ1) is 21.0. The SMILES string of the molecule is Cc1ccc(S(=O)(=O)N2CCOCC2)cc1C(=O)NC(C(N)=O)c1ccccc1. The Balaban J connectivity index is 1.89. The van der Waals surface area contributed by atoms with Gasteiger partial charge in [-0.15, -0.1) is 0 Å². The first-order valence-corrected chi connectivity index (χ1v) is 10.6. The third-order valence-corrected chi connectivity index (χ3v) is 6.65. The van der Waals surface area contributed by atoms with Gasteiger partial charge in [-0.05, 0) is 30.2 Å². The van der Waals surface area contributed by atoms with Gasteiger partial charge in [0, 0.05) is 18.7 Å². The Labute approximate surface area is 169 Å². The van der Waals surface area contributed by atoms with Gasteiger partial charge in [0.1, 0.15) is 6.04 Å². The summed E-state index contributed by atoms with van der Waals surface area (Å²) in [5.41, 5.74) is 6.76. The molecule has 1 atom stereocenters. The molecule has 3 N–H and O–H groups in total. The molecule has 3 rings (SSSR count). The standard InChI is InChI=1S/C20H23N3O5S/c1-14-7-8-16(29(26,27)23-9-11-28-12-10-23)13-17(14)20(25)22-18(19(21)24)15-5-3-2-4-6-15/h2-8,13,18H,9-12H2,1H3,(H2,21,24)(H,22,25). The lowest BCUT2D eigenvalue weighted by Gasteiger charge is -2.26. The molecule has 29 heavy (non-hydrogen) atoms. The lowest BCUT2D eigenvalue weighted by atomic mass is 10.0. The number of aryl methyl sites for hydroxylation is 1. The van der Waals surface area contributed by atoms with Crippen molar-refractivity contribution in [2.24, 2.45) is 5.73 Å². The fourth-order valence-electron chi connectivity index (χ4n) is 3.12. The van der Waals surface area contributed by atoms with Crippen molar-refractivity contribution in [3.8, 4) is 0 Å². The summed E-state index contributed by atoms with van der Waals surface area (Å²) >= 11 is 0. The van der Waals surface area contributed by atoms with Gasteiger partial charge in [0.25, 0.3) is 5.91 Å². The molecule has 2 aromatic carbocycles. The number of carbonyl (C=O) groups is 2. The third-order valence-electron chi connectivity index (χ3n) is 4.75. The number of sulfonamides is 1. The fraction of sp³-hybridized carbons (Fsp3) is 0.300. The van der Waals surface area contributed by atoms with Crippen molar-refractivity contribution < 1.29 is 22.7 Å². The Morgan fingerprint density at radius 3 is 2.38 bits per heavy atom. The van der Waals surface area contributed by atoms with Gasteiger partial charge in [0.05, 0.1) is 18.1 Å². The smallest absolute Gasteiger partial charge is 0.252 e. The van der Waals surface area contributed by atoms with Crippen molar-refractivity contribution in [2.45, 2.75) is 17.9 Å². The van der Waals surface area contributed by atoms with Crippen LogP contribution in [-0.4, -0.2) is 50.8 Å². The quantitative estimate of drug-likeness (QED) is 0.726. The van der Waals surface area contributed by atoms with Crippen molar-refractivity contribution in [2.75, 3.05) is 26.3 Å². The van der Waals surface area contributed by atoms with E-state index in [1.165, 1.54) is 16.4 Å². The van der Waals surface area contributed by atoms with Crippen molar-refractivity contribution >= 4 is 21.8 Å². The third kappa shape index (κ3) is 4.64. The Morgan fingerprint density at radius 2 is 1.76 bits per heavy atom. The summed E-state index contributed by atoms with van der Waals surface area (Å²) < 4.78 is 32.3. The number of hydrogen-bond donors (Lipinski definition) is 2. The first-order valence-electron chi connectivity index (χ1n) is 9.14. The Morgan fingerprint density at radius 1 is 1.10 bits per heavy atom. The molecule has 8 nitrogen and oxygen atoms in total. The summed E-state index contributed by atoms with van der Waals surface area (Å²) in [5, 5.41) is 2.61. The van der Waals surface area contributed by atoms with E-state index in [1.54, 1.807) is 43.3 Å². The average Bonchev–Trinajstić information content (AvgIpc) is 2.73. The summed E-state index contributed by atoms with van der Waals surface area (Å²) in [6, 6.07) is 12.0. The van der Waals surface area contributed by atoms with E-state index in [4.69, 9.17) is 10.5 Å². The van der Waals surface area contributed by atoms with Gasteiger partial charge in [0.15, 0.2) is 0 Å². The molecule has 0 saturated carbocycles. The number of morpholine rings is 1. The maximum Gasteiger partial charge on any atom is 0.252 e. The van der Waals surface area contributed by atoms with Crippen LogP contribution in [0.3, 0.4) is 0 Å². The number of amides is 2. The molecule has 0 aromatic heterocycles. The van der Waals surface area contributed by atoms with Crippen molar-refractivity contribution in [3.05, 3.63) is 65.2 Å². The summed E-state index contributed by atoms with van der Waals surface area (Å²) in [7, 11) is -3.75. The van der Waals surface area contributed by atoms with Crippen LogP contribution >= 0.6 is 0 Å². The van der Waals surface area contributed by atoms with Gasteiger partial charge < -0.3 is 15.8 Å². The van der Waals surface area contributed by atoms with E-state index in [2.05, 4.69) is 5.32 Å². The predicted octanol–water partition coefficient (Wildman–Crippen LogP) is 0.972. The summed E-state index contributed by atoms with van der Waals surface area (Å²) in [5.74, 6) is -1.28. The first-order chi connectivity index (χ1) is 13.8. The molecule has 1 saturated heterocycles. The van der Waals surface area contributed by atoms with E-state index in [-0.39, 0.29) is 23.5 Å². The zero-order chi connectivity index (χ0) is 21.0. The molecule has 0 aliphatic carbocycles. The van der Waals surface area contributed by atoms with Crippen molar-refractivity contribution in [3.63, 3.8) is 0 Å². The van der Waals surface area contributed by atoms with Crippen LogP contribution in [0, 0.1) is 6.92 Å². The fourth-order valence-corrected chi connectivity index (χ4v) is 4.55. The van der Waals surface area contributed by atoms with Gasteiger partial charge in [-0.2, -0.15) is 4.31 Å². The minimum absolute atomic E-state index is 0.0190. The van der Waals surface area contributed by atoms with E-state index in [1.807, 2.05) is 0 Å². The topological polar surface area (TPSA) is 119 Å². The normalized spacial score (nSPS) is 16.2. The lowest BCUT2D eigenvalue weighted by molar-refractivity contribution is -0.120. The molecule has 1 unspecified atom stereocenters. The van der Waals surface area contributed by atoms with Crippen molar-refractivity contribution in [1.82, 2.24) is 9.62 Å². The second-order valence-corrected chi connectivity index (χ2v) is 8.65. The number of nitrogens with two attached hydrogens (primary N) is 1. The summed E-state index contributed by atoms with van der Waals surface area (Å²) in [4.78, 5) is 24.8. The van der Waals surface area contributed by atoms with Crippen LogP contribution in [0.2, 0.25) is 0 Å². The largest absolute Gasteiger partial charge is 0.379 e. The molecule has 154 valence electrons.